The number of ketones is 1. The standard InChI is InChI=1S/C13H16O4/c1-4-17-13(15)12(9(2)14)10-7-5-6-8-11(10)16-3/h5-8,12H,4H2,1-3H3. The van der Waals surface area contributed by atoms with E-state index in [-0.39, 0.29) is 12.4 Å². The van der Waals surface area contributed by atoms with Crippen molar-refractivity contribution in [1.29, 1.82) is 0 Å². The molecule has 0 radical (unpaired) electrons. The second kappa shape index (κ2) is 6.03. The van der Waals surface area contributed by atoms with Crippen LogP contribution in [0.4, 0.5) is 0 Å². The van der Waals surface area contributed by atoms with Gasteiger partial charge in [0, 0.05) is 5.56 Å². The summed E-state index contributed by atoms with van der Waals surface area (Å²) in [6.07, 6.45) is 0. The van der Waals surface area contributed by atoms with E-state index in [1.165, 1.54) is 14.0 Å². The van der Waals surface area contributed by atoms with Gasteiger partial charge in [0.15, 0.2) is 0 Å². The first-order chi connectivity index (χ1) is 8.11. The Morgan fingerprint density at radius 2 is 1.94 bits per heavy atom. The number of para-hydroxylation sites is 1. The van der Waals surface area contributed by atoms with Crippen molar-refractivity contribution in [3.63, 3.8) is 0 Å². The van der Waals surface area contributed by atoms with Crippen molar-refractivity contribution in [2.45, 2.75) is 19.8 Å². The number of ether oxygens (including phenoxy) is 2. The minimum Gasteiger partial charge on any atom is -0.496 e. The van der Waals surface area contributed by atoms with E-state index in [1.54, 1.807) is 31.2 Å². The van der Waals surface area contributed by atoms with Crippen molar-refractivity contribution in [3.8, 4) is 5.75 Å². The topological polar surface area (TPSA) is 52.6 Å². The Morgan fingerprint density at radius 1 is 1.29 bits per heavy atom. The number of benzene rings is 1. The number of Topliss-reactive ketones (excluding diaryl/α,β-unsaturated/α-hetero) is 1. The van der Waals surface area contributed by atoms with Gasteiger partial charge < -0.3 is 9.47 Å². The molecule has 0 aliphatic carbocycles. The van der Waals surface area contributed by atoms with Gasteiger partial charge in [-0.1, -0.05) is 18.2 Å². The van der Waals surface area contributed by atoms with Gasteiger partial charge in [0.2, 0.25) is 0 Å². The monoisotopic (exact) mass is 236 g/mol. The molecule has 0 amide bonds. The molecule has 1 atom stereocenters. The number of carbonyl (C=O) groups is 2. The van der Waals surface area contributed by atoms with E-state index in [4.69, 9.17) is 9.47 Å². The molecular formula is C13H16O4. The third-order valence-electron chi connectivity index (χ3n) is 2.38. The molecule has 1 aromatic carbocycles. The second-order valence-corrected chi connectivity index (χ2v) is 3.54. The van der Waals surface area contributed by atoms with Crippen molar-refractivity contribution in [2.75, 3.05) is 13.7 Å². The number of carbonyl (C=O) groups excluding carboxylic acids is 2. The van der Waals surface area contributed by atoms with Crippen LogP contribution < -0.4 is 4.74 Å². The predicted octanol–water partition coefficient (Wildman–Crippen LogP) is 1.93. The van der Waals surface area contributed by atoms with E-state index in [2.05, 4.69) is 0 Å². The third kappa shape index (κ3) is 3.06. The molecule has 1 rings (SSSR count). The zero-order chi connectivity index (χ0) is 12.8. The zero-order valence-corrected chi connectivity index (χ0v) is 10.2. The van der Waals surface area contributed by atoms with Crippen LogP contribution in [-0.4, -0.2) is 25.5 Å². The van der Waals surface area contributed by atoms with E-state index >= 15 is 0 Å². The van der Waals surface area contributed by atoms with Crippen LogP contribution in [0.1, 0.15) is 25.3 Å². The summed E-state index contributed by atoms with van der Waals surface area (Å²) in [4.78, 5) is 23.3. The highest BCUT2D eigenvalue weighted by Gasteiger charge is 2.29. The first-order valence-corrected chi connectivity index (χ1v) is 5.41. The molecule has 17 heavy (non-hydrogen) atoms. The Labute approximate surface area is 101 Å². The molecule has 0 N–H and O–H groups in total. The van der Waals surface area contributed by atoms with Crippen molar-refractivity contribution < 1.29 is 19.1 Å². The number of hydrogen-bond acceptors (Lipinski definition) is 4. The first kappa shape index (κ1) is 13.2. The maximum Gasteiger partial charge on any atom is 0.321 e. The molecule has 0 saturated heterocycles. The van der Waals surface area contributed by atoms with Gasteiger partial charge >= 0.3 is 5.97 Å². The summed E-state index contributed by atoms with van der Waals surface area (Å²) in [5, 5.41) is 0. The van der Waals surface area contributed by atoms with E-state index in [0.29, 0.717) is 11.3 Å². The van der Waals surface area contributed by atoms with E-state index in [0.717, 1.165) is 0 Å². The largest absolute Gasteiger partial charge is 0.496 e. The lowest BCUT2D eigenvalue weighted by atomic mass is 9.94. The van der Waals surface area contributed by atoms with Crippen LogP contribution in [0.15, 0.2) is 24.3 Å². The van der Waals surface area contributed by atoms with Gasteiger partial charge in [0.05, 0.1) is 13.7 Å². The highest BCUT2D eigenvalue weighted by Crippen LogP contribution is 2.28. The maximum atomic E-state index is 11.8. The highest BCUT2D eigenvalue weighted by molar-refractivity contribution is 6.03. The predicted molar refractivity (Wildman–Crippen MR) is 63.0 cm³/mol. The summed E-state index contributed by atoms with van der Waals surface area (Å²) in [5.74, 6) is -1.19. The zero-order valence-electron chi connectivity index (χ0n) is 10.2. The van der Waals surface area contributed by atoms with E-state index in [9.17, 15) is 9.59 Å². The summed E-state index contributed by atoms with van der Waals surface area (Å²) in [6.45, 7) is 3.32. The number of hydrogen-bond donors (Lipinski definition) is 0. The van der Waals surface area contributed by atoms with Crippen LogP contribution in [0.5, 0.6) is 5.75 Å². The summed E-state index contributed by atoms with van der Waals surface area (Å²) < 4.78 is 10.0. The van der Waals surface area contributed by atoms with Gasteiger partial charge in [-0.3, -0.25) is 9.59 Å². The molecule has 0 aliphatic heterocycles. The Morgan fingerprint density at radius 3 is 2.47 bits per heavy atom. The van der Waals surface area contributed by atoms with Crippen LogP contribution in [0.25, 0.3) is 0 Å². The summed E-state index contributed by atoms with van der Waals surface area (Å²) in [7, 11) is 1.50. The lowest BCUT2D eigenvalue weighted by Gasteiger charge is -2.15. The van der Waals surface area contributed by atoms with Gasteiger partial charge in [-0.25, -0.2) is 0 Å². The Bertz CT molecular complexity index is 412. The second-order valence-electron chi connectivity index (χ2n) is 3.54. The van der Waals surface area contributed by atoms with Crippen molar-refractivity contribution in [1.82, 2.24) is 0 Å². The van der Waals surface area contributed by atoms with Gasteiger partial charge in [-0.2, -0.15) is 0 Å². The number of rotatable bonds is 5. The summed E-state index contributed by atoms with van der Waals surface area (Å²) in [6, 6.07) is 6.95. The quantitative estimate of drug-likeness (QED) is 0.579. The molecule has 4 nitrogen and oxygen atoms in total. The first-order valence-electron chi connectivity index (χ1n) is 5.41. The van der Waals surface area contributed by atoms with Gasteiger partial charge in [0.1, 0.15) is 17.5 Å². The van der Waals surface area contributed by atoms with Crippen LogP contribution in [0, 0.1) is 0 Å². The van der Waals surface area contributed by atoms with Crippen molar-refractivity contribution in [3.05, 3.63) is 29.8 Å². The van der Waals surface area contributed by atoms with Gasteiger partial charge in [-0.15, -0.1) is 0 Å². The number of methoxy groups -OCH3 is 1. The minimum absolute atomic E-state index is 0.248. The fraction of sp³-hybridized carbons (Fsp3) is 0.385. The van der Waals surface area contributed by atoms with Crippen LogP contribution in [-0.2, 0) is 14.3 Å². The molecule has 0 fully saturated rings. The molecule has 0 saturated carbocycles. The molecule has 4 heteroatoms. The molecule has 0 spiro atoms. The lowest BCUT2D eigenvalue weighted by molar-refractivity contribution is -0.147. The SMILES string of the molecule is CCOC(=O)C(C(C)=O)c1ccccc1OC. The molecule has 0 bridgehead atoms. The Balaban J connectivity index is 3.14. The van der Waals surface area contributed by atoms with Crippen LogP contribution in [0.2, 0.25) is 0 Å². The van der Waals surface area contributed by atoms with E-state index < -0.39 is 11.9 Å². The number of esters is 1. The molecule has 1 unspecified atom stereocenters. The lowest BCUT2D eigenvalue weighted by Crippen LogP contribution is -2.22. The fourth-order valence-corrected chi connectivity index (χ4v) is 1.64. The minimum atomic E-state index is -0.911. The summed E-state index contributed by atoms with van der Waals surface area (Å²) >= 11 is 0. The van der Waals surface area contributed by atoms with Gasteiger partial charge in [-0.05, 0) is 19.9 Å². The molecular weight excluding hydrogens is 220 g/mol. The smallest absolute Gasteiger partial charge is 0.321 e. The molecule has 92 valence electrons. The molecule has 0 aromatic heterocycles. The highest BCUT2D eigenvalue weighted by atomic mass is 16.5. The molecule has 1 aromatic rings. The average Bonchev–Trinajstić information content (AvgIpc) is 2.30. The van der Waals surface area contributed by atoms with Crippen LogP contribution in [0.3, 0.4) is 0 Å². The average molecular weight is 236 g/mol. The Hall–Kier alpha value is -1.84. The maximum absolute atomic E-state index is 11.8. The Kier molecular flexibility index (Phi) is 4.69. The van der Waals surface area contributed by atoms with Crippen molar-refractivity contribution in [2.24, 2.45) is 0 Å². The third-order valence-corrected chi connectivity index (χ3v) is 2.38. The molecule has 0 aliphatic rings. The van der Waals surface area contributed by atoms with Crippen LogP contribution >= 0.6 is 0 Å². The van der Waals surface area contributed by atoms with Crippen molar-refractivity contribution >= 4 is 11.8 Å². The fourth-order valence-electron chi connectivity index (χ4n) is 1.64. The molecule has 0 heterocycles. The normalized spacial score (nSPS) is 11.7. The van der Waals surface area contributed by atoms with Gasteiger partial charge in [0.25, 0.3) is 0 Å². The summed E-state index contributed by atoms with van der Waals surface area (Å²) in [5.41, 5.74) is 0.543. The van der Waals surface area contributed by atoms with E-state index in [1.807, 2.05) is 0 Å².